The van der Waals surface area contributed by atoms with Crippen LogP contribution in [0.2, 0.25) is 0 Å². The van der Waals surface area contributed by atoms with Gasteiger partial charge in [0.1, 0.15) is 0 Å². The molecule has 112 valence electrons. The number of amides is 1. The lowest BCUT2D eigenvalue weighted by Crippen LogP contribution is -2.29. The maximum atomic E-state index is 11.7. The van der Waals surface area contributed by atoms with E-state index in [1.807, 2.05) is 20.8 Å². The average molecular weight is 300 g/mol. The molecule has 0 aliphatic carbocycles. The molecule has 0 fully saturated rings. The molecule has 1 amide bonds. The molecule has 0 heterocycles. The molecule has 1 rings (SSSR count). The molecule has 0 saturated heterocycles. The van der Waals surface area contributed by atoms with Crippen LogP contribution in [0.4, 0.5) is 5.69 Å². The van der Waals surface area contributed by atoms with Crippen molar-refractivity contribution in [3.05, 3.63) is 29.8 Å². The van der Waals surface area contributed by atoms with E-state index in [9.17, 15) is 13.2 Å². The van der Waals surface area contributed by atoms with Crippen molar-refractivity contribution >= 4 is 21.7 Å². The Hall–Kier alpha value is -1.60. The Morgan fingerprint density at radius 1 is 1.20 bits per heavy atom. The lowest BCUT2D eigenvalue weighted by molar-refractivity contribution is 0.0956. The normalized spacial score (nSPS) is 12.0. The quantitative estimate of drug-likeness (QED) is 0.716. The van der Waals surface area contributed by atoms with Gasteiger partial charge in [-0.2, -0.15) is 8.42 Å². The smallest absolute Gasteiger partial charge is 0.266 e. The summed E-state index contributed by atoms with van der Waals surface area (Å²) < 4.78 is 29.6. The van der Waals surface area contributed by atoms with E-state index < -0.39 is 15.9 Å². The molecular formula is C13H20N2O4S. The minimum Gasteiger partial charge on any atom is -0.380 e. The molecule has 0 bridgehead atoms. The SMILES string of the molecule is CC(C)(C)Nc1ccc(C(=O)NCCS(=O)(=O)O)cc1. The minimum absolute atomic E-state index is 0.0702. The second-order valence-electron chi connectivity index (χ2n) is 5.49. The Bertz CT molecular complexity index is 559. The molecule has 0 aliphatic heterocycles. The van der Waals surface area contributed by atoms with Gasteiger partial charge in [0.05, 0.1) is 5.75 Å². The first-order valence-corrected chi connectivity index (χ1v) is 7.79. The van der Waals surface area contributed by atoms with E-state index in [-0.39, 0.29) is 18.0 Å². The van der Waals surface area contributed by atoms with Gasteiger partial charge in [-0.15, -0.1) is 0 Å². The van der Waals surface area contributed by atoms with E-state index in [1.54, 1.807) is 24.3 Å². The van der Waals surface area contributed by atoms with Gasteiger partial charge >= 0.3 is 0 Å². The Labute approximate surface area is 119 Å². The molecule has 0 spiro atoms. The van der Waals surface area contributed by atoms with Gasteiger partial charge in [-0.05, 0) is 45.0 Å². The zero-order chi connectivity index (χ0) is 15.4. The van der Waals surface area contributed by atoms with Crippen LogP contribution in [0.5, 0.6) is 0 Å². The van der Waals surface area contributed by atoms with E-state index in [1.165, 1.54) is 0 Å². The van der Waals surface area contributed by atoms with Crippen LogP contribution in [-0.2, 0) is 10.1 Å². The highest BCUT2D eigenvalue weighted by molar-refractivity contribution is 7.85. The Morgan fingerprint density at radius 2 is 1.75 bits per heavy atom. The molecule has 6 nitrogen and oxygen atoms in total. The van der Waals surface area contributed by atoms with Crippen molar-refractivity contribution in [3.63, 3.8) is 0 Å². The summed E-state index contributed by atoms with van der Waals surface area (Å²) in [5.74, 6) is -0.876. The first kappa shape index (κ1) is 16.5. The van der Waals surface area contributed by atoms with Crippen LogP contribution >= 0.6 is 0 Å². The van der Waals surface area contributed by atoms with Gasteiger partial charge in [0, 0.05) is 23.3 Å². The number of carbonyl (C=O) groups is 1. The third kappa shape index (κ3) is 6.53. The molecule has 0 aromatic heterocycles. The average Bonchev–Trinajstić information content (AvgIpc) is 2.25. The highest BCUT2D eigenvalue weighted by Gasteiger charge is 2.11. The number of nitrogens with one attached hydrogen (secondary N) is 2. The molecule has 0 aliphatic rings. The van der Waals surface area contributed by atoms with Gasteiger partial charge in [0.15, 0.2) is 0 Å². The topological polar surface area (TPSA) is 95.5 Å². The fraction of sp³-hybridized carbons (Fsp3) is 0.462. The number of rotatable bonds is 5. The van der Waals surface area contributed by atoms with Gasteiger partial charge in [0.25, 0.3) is 16.0 Å². The molecule has 3 N–H and O–H groups in total. The van der Waals surface area contributed by atoms with Crippen LogP contribution in [0.15, 0.2) is 24.3 Å². The van der Waals surface area contributed by atoms with Crippen molar-refractivity contribution in [1.29, 1.82) is 0 Å². The van der Waals surface area contributed by atoms with Crippen LogP contribution in [0.3, 0.4) is 0 Å². The predicted molar refractivity (Wildman–Crippen MR) is 78.6 cm³/mol. The fourth-order valence-corrected chi connectivity index (χ4v) is 1.89. The molecule has 0 saturated carbocycles. The van der Waals surface area contributed by atoms with E-state index in [0.29, 0.717) is 5.56 Å². The number of hydrogen-bond donors (Lipinski definition) is 3. The number of benzene rings is 1. The predicted octanol–water partition coefficient (Wildman–Crippen LogP) is 1.51. The van der Waals surface area contributed by atoms with Gasteiger partial charge in [-0.25, -0.2) is 0 Å². The van der Waals surface area contributed by atoms with Crippen molar-refractivity contribution in [2.45, 2.75) is 26.3 Å². The van der Waals surface area contributed by atoms with Crippen molar-refractivity contribution in [2.24, 2.45) is 0 Å². The van der Waals surface area contributed by atoms with E-state index in [0.717, 1.165) is 5.69 Å². The Kier molecular flexibility index (Phi) is 5.13. The van der Waals surface area contributed by atoms with Crippen LogP contribution in [0.25, 0.3) is 0 Å². The first-order valence-electron chi connectivity index (χ1n) is 6.18. The van der Waals surface area contributed by atoms with Gasteiger partial charge in [0.2, 0.25) is 0 Å². The second kappa shape index (κ2) is 6.23. The van der Waals surface area contributed by atoms with E-state index >= 15 is 0 Å². The standard InChI is InChI=1S/C13H20N2O4S/c1-13(2,3)15-11-6-4-10(5-7-11)12(16)14-8-9-20(17,18)19/h4-7,15H,8-9H2,1-3H3,(H,14,16)(H,17,18,19). The van der Waals surface area contributed by atoms with Crippen LogP contribution < -0.4 is 10.6 Å². The molecule has 7 heteroatoms. The van der Waals surface area contributed by atoms with Crippen molar-refractivity contribution in [1.82, 2.24) is 5.32 Å². The highest BCUT2D eigenvalue weighted by atomic mass is 32.2. The largest absolute Gasteiger partial charge is 0.380 e. The second-order valence-corrected chi connectivity index (χ2v) is 7.07. The van der Waals surface area contributed by atoms with Crippen LogP contribution in [0, 0.1) is 0 Å². The number of anilines is 1. The Balaban J connectivity index is 2.58. The van der Waals surface area contributed by atoms with Crippen LogP contribution in [-0.4, -0.2) is 36.7 Å². The molecule has 0 unspecified atom stereocenters. The first-order chi connectivity index (χ1) is 9.07. The van der Waals surface area contributed by atoms with Gasteiger partial charge < -0.3 is 10.6 Å². The lowest BCUT2D eigenvalue weighted by Gasteiger charge is -2.22. The molecule has 20 heavy (non-hydrogen) atoms. The maximum Gasteiger partial charge on any atom is 0.266 e. The van der Waals surface area contributed by atoms with Crippen molar-refractivity contribution < 1.29 is 17.8 Å². The monoisotopic (exact) mass is 300 g/mol. The maximum absolute atomic E-state index is 11.7. The Morgan fingerprint density at radius 3 is 2.20 bits per heavy atom. The highest BCUT2D eigenvalue weighted by Crippen LogP contribution is 2.15. The number of carbonyl (C=O) groups excluding carboxylic acids is 1. The third-order valence-electron chi connectivity index (χ3n) is 2.31. The summed E-state index contributed by atoms with van der Waals surface area (Å²) in [4.78, 5) is 11.7. The lowest BCUT2D eigenvalue weighted by atomic mass is 10.1. The molecular weight excluding hydrogens is 280 g/mol. The molecule has 0 atom stereocenters. The molecule has 0 radical (unpaired) electrons. The summed E-state index contributed by atoms with van der Waals surface area (Å²) in [7, 11) is -4.05. The molecule has 1 aromatic carbocycles. The summed E-state index contributed by atoms with van der Waals surface area (Å²) in [5, 5.41) is 5.69. The van der Waals surface area contributed by atoms with E-state index in [2.05, 4.69) is 10.6 Å². The van der Waals surface area contributed by atoms with Crippen molar-refractivity contribution in [2.75, 3.05) is 17.6 Å². The van der Waals surface area contributed by atoms with Crippen molar-refractivity contribution in [3.8, 4) is 0 Å². The third-order valence-corrected chi connectivity index (χ3v) is 3.03. The summed E-state index contributed by atoms with van der Waals surface area (Å²) in [6.07, 6.45) is 0. The van der Waals surface area contributed by atoms with Crippen LogP contribution in [0.1, 0.15) is 31.1 Å². The minimum atomic E-state index is -4.05. The van der Waals surface area contributed by atoms with Gasteiger partial charge in [-0.3, -0.25) is 9.35 Å². The number of hydrogen-bond acceptors (Lipinski definition) is 4. The summed E-state index contributed by atoms with van der Waals surface area (Å²) in [6.45, 7) is 5.97. The fourth-order valence-electron chi connectivity index (χ4n) is 1.53. The van der Waals surface area contributed by atoms with Gasteiger partial charge in [-0.1, -0.05) is 0 Å². The zero-order valence-corrected chi connectivity index (χ0v) is 12.6. The molecule has 1 aromatic rings. The summed E-state index contributed by atoms with van der Waals surface area (Å²) in [6, 6.07) is 6.86. The van der Waals surface area contributed by atoms with E-state index in [4.69, 9.17) is 4.55 Å². The zero-order valence-electron chi connectivity index (χ0n) is 11.8. The summed E-state index contributed by atoms with van der Waals surface area (Å²) in [5.41, 5.74) is 1.26. The summed E-state index contributed by atoms with van der Waals surface area (Å²) >= 11 is 0.